The predicted molar refractivity (Wildman–Crippen MR) is 101 cm³/mol. The molecule has 1 aliphatic heterocycles. The average molecular weight is 381 g/mol. The van der Waals surface area contributed by atoms with E-state index in [1.165, 1.54) is 24.6 Å². The highest BCUT2D eigenvalue weighted by Gasteiger charge is 2.33. The number of hydrogen-bond acceptors (Lipinski definition) is 6. The summed E-state index contributed by atoms with van der Waals surface area (Å²) in [6.45, 7) is 8.37. The van der Waals surface area contributed by atoms with E-state index in [1.807, 2.05) is 6.92 Å². The van der Waals surface area contributed by atoms with Crippen molar-refractivity contribution in [2.45, 2.75) is 62.9 Å². The molecule has 0 radical (unpaired) electrons. The van der Waals surface area contributed by atoms with Gasteiger partial charge in [-0.1, -0.05) is 18.7 Å². The summed E-state index contributed by atoms with van der Waals surface area (Å²) >= 11 is 1.36. The van der Waals surface area contributed by atoms with Crippen LogP contribution in [0.25, 0.3) is 0 Å². The quantitative estimate of drug-likeness (QED) is 0.735. The number of aromatic nitrogens is 3. The van der Waals surface area contributed by atoms with Gasteiger partial charge in [-0.15, -0.1) is 10.2 Å². The number of rotatable bonds is 6. The third kappa shape index (κ3) is 4.49. The van der Waals surface area contributed by atoms with E-state index < -0.39 is 11.3 Å². The summed E-state index contributed by atoms with van der Waals surface area (Å²) in [5.41, 5.74) is 0. The van der Waals surface area contributed by atoms with Gasteiger partial charge in [-0.25, -0.2) is 4.79 Å². The van der Waals surface area contributed by atoms with Crippen LogP contribution in [-0.4, -0.2) is 51.6 Å². The smallest absolute Gasteiger partial charge is 0.321 e. The van der Waals surface area contributed by atoms with E-state index in [9.17, 15) is 9.59 Å². The van der Waals surface area contributed by atoms with Crippen molar-refractivity contribution in [2.75, 3.05) is 24.5 Å². The van der Waals surface area contributed by atoms with Gasteiger partial charge >= 0.3 is 6.03 Å². The van der Waals surface area contributed by atoms with E-state index in [2.05, 4.69) is 37.2 Å². The zero-order chi connectivity index (χ0) is 18.7. The van der Waals surface area contributed by atoms with Gasteiger partial charge in [-0.3, -0.25) is 14.7 Å². The fourth-order valence-corrected chi connectivity index (χ4v) is 3.97. The summed E-state index contributed by atoms with van der Waals surface area (Å²) in [6.07, 6.45) is 4.60. The van der Waals surface area contributed by atoms with Crippen molar-refractivity contribution < 1.29 is 9.59 Å². The van der Waals surface area contributed by atoms with Crippen molar-refractivity contribution in [3.8, 4) is 0 Å². The van der Waals surface area contributed by atoms with Crippen molar-refractivity contribution >= 4 is 29.6 Å². The molecule has 1 aromatic rings. The van der Waals surface area contributed by atoms with E-state index in [-0.39, 0.29) is 5.91 Å². The van der Waals surface area contributed by atoms with E-state index in [0.717, 1.165) is 43.0 Å². The van der Waals surface area contributed by atoms with Gasteiger partial charge in [0.1, 0.15) is 0 Å². The largest absolute Gasteiger partial charge is 0.341 e. The van der Waals surface area contributed by atoms with Crippen LogP contribution in [0.1, 0.15) is 52.5 Å². The second-order valence-corrected chi connectivity index (χ2v) is 8.47. The van der Waals surface area contributed by atoms with E-state index in [4.69, 9.17) is 0 Å². The second kappa shape index (κ2) is 8.28. The summed E-state index contributed by atoms with van der Waals surface area (Å²) < 4.78 is 2.19. The Morgan fingerprint density at radius 1 is 1.23 bits per heavy atom. The van der Waals surface area contributed by atoms with Crippen molar-refractivity contribution in [2.24, 2.45) is 5.92 Å². The molecule has 2 heterocycles. The first-order valence-electron chi connectivity index (χ1n) is 9.44. The van der Waals surface area contributed by atoms with Gasteiger partial charge in [0, 0.05) is 25.7 Å². The molecule has 0 unspecified atom stereocenters. The molecule has 0 bridgehead atoms. The molecule has 1 atom stereocenters. The van der Waals surface area contributed by atoms with E-state index in [1.54, 1.807) is 6.92 Å². The Morgan fingerprint density at radius 2 is 1.92 bits per heavy atom. The third-order valence-corrected chi connectivity index (χ3v) is 5.91. The molecule has 3 rings (SSSR count). The molecule has 2 aliphatic rings. The summed E-state index contributed by atoms with van der Waals surface area (Å²) in [5, 5.41) is 14.1. The van der Waals surface area contributed by atoms with Crippen LogP contribution in [-0.2, 0) is 4.79 Å². The summed E-state index contributed by atoms with van der Waals surface area (Å²) in [4.78, 5) is 26.1. The van der Waals surface area contributed by atoms with Crippen LogP contribution in [0.2, 0.25) is 0 Å². The Bertz CT molecular complexity index is 652. The molecule has 2 N–H and O–H groups in total. The zero-order valence-electron chi connectivity index (χ0n) is 15.7. The van der Waals surface area contributed by atoms with Gasteiger partial charge in [0.05, 0.1) is 5.25 Å². The molecule has 0 aromatic carbocycles. The summed E-state index contributed by atoms with van der Waals surface area (Å²) in [7, 11) is 0. The number of hydrogen-bond donors (Lipinski definition) is 2. The molecule has 1 saturated carbocycles. The lowest BCUT2D eigenvalue weighted by Crippen LogP contribution is -2.42. The van der Waals surface area contributed by atoms with Gasteiger partial charge in [0.15, 0.2) is 5.16 Å². The number of thioether (sulfide) groups is 1. The van der Waals surface area contributed by atoms with Crippen LogP contribution < -0.4 is 15.5 Å². The first-order chi connectivity index (χ1) is 12.5. The van der Waals surface area contributed by atoms with E-state index >= 15 is 0 Å². The molecule has 8 nitrogen and oxygen atoms in total. The number of nitrogens with zero attached hydrogens (tertiary/aromatic N) is 4. The number of carbonyl (C=O) groups is 2. The van der Waals surface area contributed by atoms with Crippen LogP contribution in [0.5, 0.6) is 0 Å². The van der Waals surface area contributed by atoms with Crippen molar-refractivity contribution in [1.82, 2.24) is 25.4 Å². The van der Waals surface area contributed by atoms with Crippen LogP contribution in [0.3, 0.4) is 0 Å². The Balaban J connectivity index is 1.68. The highest BCUT2D eigenvalue weighted by molar-refractivity contribution is 8.00. The number of urea groups is 1. The van der Waals surface area contributed by atoms with Crippen molar-refractivity contribution in [1.29, 1.82) is 0 Å². The molecule has 9 heteroatoms. The van der Waals surface area contributed by atoms with Gasteiger partial charge in [-0.05, 0) is 45.4 Å². The number of nitrogens with one attached hydrogen (secondary N) is 2. The third-order valence-electron chi connectivity index (χ3n) is 4.85. The number of carbonyl (C=O) groups excluding carboxylic acids is 2. The van der Waals surface area contributed by atoms with Crippen LogP contribution in [0.15, 0.2) is 5.16 Å². The first kappa shape index (κ1) is 19.0. The normalized spacial score (nSPS) is 19.3. The van der Waals surface area contributed by atoms with Crippen LogP contribution >= 0.6 is 11.8 Å². The highest BCUT2D eigenvalue weighted by atomic mass is 32.2. The molecule has 0 spiro atoms. The van der Waals surface area contributed by atoms with Crippen LogP contribution in [0.4, 0.5) is 10.7 Å². The number of anilines is 1. The van der Waals surface area contributed by atoms with Gasteiger partial charge < -0.3 is 10.2 Å². The maximum atomic E-state index is 12.2. The molecule has 144 valence electrons. The lowest BCUT2D eigenvalue weighted by Gasteiger charge is -2.31. The first-order valence-corrected chi connectivity index (χ1v) is 10.3. The molecule has 1 aliphatic carbocycles. The highest BCUT2D eigenvalue weighted by Crippen LogP contribution is 2.42. The number of imide groups is 1. The van der Waals surface area contributed by atoms with Gasteiger partial charge in [0.2, 0.25) is 11.9 Å². The maximum absolute atomic E-state index is 12.2. The minimum Gasteiger partial charge on any atom is -0.341 e. The van der Waals surface area contributed by atoms with Crippen molar-refractivity contribution in [3.63, 3.8) is 0 Å². The Labute approximate surface area is 158 Å². The van der Waals surface area contributed by atoms with Gasteiger partial charge in [0.25, 0.3) is 0 Å². The maximum Gasteiger partial charge on any atom is 0.321 e. The minimum absolute atomic E-state index is 0.320. The number of piperidine rings is 1. The molecule has 1 saturated heterocycles. The predicted octanol–water partition coefficient (Wildman–Crippen LogP) is 2.18. The minimum atomic E-state index is -0.461. The number of amides is 3. The molecule has 26 heavy (non-hydrogen) atoms. The Hall–Kier alpha value is -1.77. The molecular weight excluding hydrogens is 352 g/mol. The molecule has 3 amide bonds. The lowest BCUT2D eigenvalue weighted by molar-refractivity contribution is -0.119. The topological polar surface area (TPSA) is 92.2 Å². The average Bonchev–Trinajstić information content (AvgIpc) is 3.36. The SMILES string of the molecule is CCNC(=O)NC(=O)[C@H](C)Sc1nnc(N2CCC(C)CC2)n1C1CC1. The fraction of sp³-hybridized carbons (Fsp3) is 0.765. The Morgan fingerprint density at radius 3 is 2.54 bits per heavy atom. The fourth-order valence-electron chi connectivity index (χ4n) is 3.06. The zero-order valence-corrected chi connectivity index (χ0v) is 16.5. The monoisotopic (exact) mass is 380 g/mol. The molecule has 1 aromatic heterocycles. The van der Waals surface area contributed by atoms with Gasteiger partial charge in [-0.2, -0.15) is 0 Å². The molecule has 2 fully saturated rings. The second-order valence-electron chi connectivity index (χ2n) is 7.16. The van der Waals surface area contributed by atoms with Crippen LogP contribution in [0, 0.1) is 5.92 Å². The summed E-state index contributed by atoms with van der Waals surface area (Å²) in [6, 6.07) is -0.0303. The van der Waals surface area contributed by atoms with E-state index in [0.29, 0.717) is 12.6 Å². The summed E-state index contributed by atoms with van der Waals surface area (Å²) in [5.74, 6) is 1.37. The standard InChI is InChI=1S/C17H28N6O2S/c1-4-18-15(25)19-14(24)12(3)26-17-21-20-16(23(17)13-5-6-13)22-9-7-11(2)8-10-22/h11-13H,4-10H2,1-3H3,(H2,18,19,24,25)/t12-/m0/s1. The molecular formula is C17H28N6O2S. The lowest BCUT2D eigenvalue weighted by atomic mass is 10.00. The van der Waals surface area contributed by atoms with Crippen molar-refractivity contribution in [3.05, 3.63) is 0 Å². The Kier molecular flexibility index (Phi) is 6.05.